The number of benzene rings is 2. The SMILES string of the molecule is COc1cccc(CCNC(=O)C2CC2C(=O)Nc2cccc(C#N)c2)c1. The Morgan fingerprint density at radius 1 is 1.15 bits per heavy atom. The zero-order valence-corrected chi connectivity index (χ0v) is 15.1. The lowest BCUT2D eigenvalue weighted by molar-refractivity contribution is -0.125. The van der Waals surface area contributed by atoms with Gasteiger partial charge in [0.15, 0.2) is 0 Å². The quantitative estimate of drug-likeness (QED) is 0.791. The van der Waals surface area contributed by atoms with E-state index in [0.717, 1.165) is 11.3 Å². The number of nitrogens with one attached hydrogen (secondary N) is 2. The molecule has 0 spiro atoms. The fraction of sp³-hybridized carbons (Fsp3) is 0.286. The summed E-state index contributed by atoms with van der Waals surface area (Å²) in [6.45, 7) is 0.515. The summed E-state index contributed by atoms with van der Waals surface area (Å²) >= 11 is 0. The molecule has 2 amide bonds. The number of hydrogen-bond acceptors (Lipinski definition) is 4. The van der Waals surface area contributed by atoms with Crippen molar-refractivity contribution >= 4 is 17.5 Å². The van der Waals surface area contributed by atoms with Gasteiger partial charge in [-0.05, 0) is 48.7 Å². The molecule has 6 heteroatoms. The van der Waals surface area contributed by atoms with E-state index >= 15 is 0 Å². The zero-order valence-electron chi connectivity index (χ0n) is 15.1. The second-order valence-corrected chi connectivity index (χ2v) is 6.52. The van der Waals surface area contributed by atoms with E-state index in [0.29, 0.717) is 30.6 Å². The molecule has 2 N–H and O–H groups in total. The van der Waals surface area contributed by atoms with E-state index in [9.17, 15) is 9.59 Å². The Hall–Kier alpha value is -3.33. The number of carbonyl (C=O) groups is 2. The average Bonchev–Trinajstić information content (AvgIpc) is 3.49. The first kappa shape index (κ1) is 18.5. The summed E-state index contributed by atoms with van der Waals surface area (Å²) in [4.78, 5) is 24.5. The molecule has 6 nitrogen and oxygen atoms in total. The normalized spacial score (nSPS) is 17.5. The van der Waals surface area contributed by atoms with Crippen LogP contribution in [0.1, 0.15) is 17.5 Å². The molecule has 1 aliphatic carbocycles. The van der Waals surface area contributed by atoms with Gasteiger partial charge in [0, 0.05) is 12.2 Å². The summed E-state index contributed by atoms with van der Waals surface area (Å²) in [5.41, 5.74) is 2.13. The largest absolute Gasteiger partial charge is 0.497 e. The predicted octanol–water partition coefficient (Wildman–Crippen LogP) is 2.50. The third kappa shape index (κ3) is 4.85. The topological polar surface area (TPSA) is 91.2 Å². The van der Waals surface area contributed by atoms with Crippen LogP contribution < -0.4 is 15.4 Å². The van der Waals surface area contributed by atoms with Crippen LogP contribution in [0, 0.1) is 23.2 Å². The smallest absolute Gasteiger partial charge is 0.228 e. The molecule has 3 rings (SSSR count). The van der Waals surface area contributed by atoms with Gasteiger partial charge in [0.05, 0.1) is 30.6 Å². The van der Waals surface area contributed by atoms with Crippen molar-refractivity contribution in [2.45, 2.75) is 12.8 Å². The number of amides is 2. The number of hydrogen-bond donors (Lipinski definition) is 2. The number of nitrogens with zero attached hydrogens (tertiary/aromatic N) is 1. The molecule has 0 aliphatic heterocycles. The van der Waals surface area contributed by atoms with E-state index in [1.54, 1.807) is 31.4 Å². The van der Waals surface area contributed by atoms with E-state index in [4.69, 9.17) is 10.00 Å². The number of ether oxygens (including phenoxy) is 1. The van der Waals surface area contributed by atoms with Gasteiger partial charge in [0.2, 0.25) is 11.8 Å². The van der Waals surface area contributed by atoms with Crippen LogP contribution in [0.2, 0.25) is 0 Å². The summed E-state index contributed by atoms with van der Waals surface area (Å²) < 4.78 is 5.18. The van der Waals surface area contributed by atoms with Crippen LogP contribution in [0.4, 0.5) is 5.69 Å². The first-order valence-corrected chi connectivity index (χ1v) is 8.82. The molecular weight excluding hydrogens is 342 g/mol. The molecule has 1 fully saturated rings. The second-order valence-electron chi connectivity index (χ2n) is 6.52. The fourth-order valence-corrected chi connectivity index (χ4v) is 2.97. The van der Waals surface area contributed by atoms with E-state index in [1.807, 2.05) is 30.3 Å². The van der Waals surface area contributed by atoms with Gasteiger partial charge < -0.3 is 15.4 Å². The molecule has 0 heterocycles. The predicted molar refractivity (Wildman–Crippen MR) is 101 cm³/mol. The maximum Gasteiger partial charge on any atom is 0.228 e. The van der Waals surface area contributed by atoms with Crippen LogP contribution in [-0.2, 0) is 16.0 Å². The van der Waals surface area contributed by atoms with Crippen LogP contribution in [-0.4, -0.2) is 25.5 Å². The van der Waals surface area contributed by atoms with Crippen LogP contribution in [0.3, 0.4) is 0 Å². The first-order valence-electron chi connectivity index (χ1n) is 8.82. The van der Waals surface area contributed by atoms with Crippen molar-refractivity contribution in [3.05, 3.63) is 59.7 Å². The Kier molecular flexibility index (Phi) is 5.72. The van der Waals surface area contributed by atoms with E-state index in [2.05, 4.69) is 10.6 Å². The Balaban J connectivity index is 1.44. The van der Waals surface area contributed by atoms with Crippen molar-refractivity contribution in [3.8, 4) is 11.8 Å². The second kappa shape index (κ2) is 8.37. The van der Waals surface area contributed by atoms with E-state index in [1.165, 1.54) is 0 Å². The lowest BCUT2D eigenvalue weighted by Gasteiger charge is -2.07. The summed E-state index contributed by atoms with van der Waals surface area (Å²) in [5.74, 6) is -0.0814. The summed E-state index contributed by atoms with van der Waals surface area (Å²) in [7, 11) is 1.62. The molecule has 2 aromatic rings. The summed E-state index contributed by atoms with van der Waals surface area (Å²) in [5, 5.41) is 14.6. The highest BCUT2D eigenvalue weighted by molar-refractivity contribution is 5.99. The molecule has 1 aliphatic rings. The molecule has 2 atom stereocenters. The minimum Gasteiger partial charge on any atom is -0.497 e. The molecule has 0 bridgehead atoms. The van der Waals surface area contributed by atoms with Gasteiger partial charge >= 0.3 is 0 Å². The fourth-order valence-electron chi connectivity index (χ4n) is 2.97. The van der Waals surface area contributed by atoms with Gasteiger partial charge in [0.1, 0.15) is 5.75 Å². The number of rotatable bonds is 7. The summed E-state index contributed by atoms with van der Waals surface area (Å²) in [6, 6.07) is 16.5. The molecular formula is C21H21N3O3. The highest BCUT2D eigenvalue weighted by Gasteiger charge is 2.47. The standard InChI is InChI=1S/C21H21N3O3/c1-27-17-7-3-4-14(11-17)8-9-23-20(25)18-12-19(18)21(26)24-16-6-2-5-15(10-16)13-22/h2-7,10-11,18-19H,8-9,12H2,1H3,(H,23,25)(H,24,26). The Morgan fingerprint density at radius 3 is 2.70 bits per heavy atom. The maximum atomic E-state index is 12.3. The highest BCUT2D eigenvalue weighted by Crippen LogP contribution is 2.39. The van der Waals surface area contributed by atoms with Gasteiger partial charge in [-0.2, -0.15) is 5.26 Å². The van der Waals surface area contributed by atoms with Crippen molar-refractivity contribution in [3.63, 3.8) is 0 Å². The van der Waals surface area contributed by atoms with Crippen molar-refractivity contribution in [1.82, 2.24) is 5.32 Å². The number of nitriles is 1. The van der Waals surface area contributed by atoms with Crippen molar-refractivity contribution < 1.29 is 14.3 Å². The monoisotopic (exact) mass is 363 g/mol. The van der Waals surface area contributed by atoms with E-state index < -0.39 is 0 Å². The van der Waals surface area contributed by atoms with Gasteiger partial charge in [-0.15, -0.1) is 0 Å². The van der Waals surface area contributed by atoms with Gasteiger partial charge in [-0.3, -0.25) is 9.59 Å². The molecule has 2 aromatic carbocycles. The van der Waals surface area contributed by atoms with Crippen molar-refractivity contribution in [2.24, 2.45) is 11.8 Å². The molecule has 2 unspecified atom stereocenters. The Bertz CT molecular complexity index is 888. The minimum atomic E-state index is -0.312. The van der Waals surface area contributed by atoms with Crippen LogP contribution >= 0.6 is 0 Å². The third-order valence-corrected chi connectivity index (χ3v) is 4.57. The molecule has 27 heavy (non-hydrogen) atoms. The number of anilines is 1. The van der Waals surface area contributed by atoms with Crippen molar-refractivity contribution in [1.29, 1.82) is 5.26 Å². The van der Waals surface area contributed by atoms with Crippen LogP contribution in [0.25, 0.3) is 0 Å². The zero-order chi connectivity index (χ0) is 19.2. The molecule has 0 saturated heterocycles. The maximum absolute atomic E-state index is 12.3. The van der Waals surface area contributed by atoms with Crippen LogP contribution in [0.5, 0.6) is 5.75 Å². The van der Waals surface area contributed by atoms with E-state index in [-0.39, 0.29) is 23.7 Å². The Morgan fingerprint density at radius 2 is 1.93 bits per heavy atom. The molecule has 1 saturated carbocycles. The summed E-state index contributed by atoms with van der Waals surface area (Å²) in [6.07, 6.45) is 1.25. The highest BCUT2D eigenvalue weighted by atomic mass is 16.5. The lowest BCUT2D eigenvalue weighted by atomic mass is 10.1. The first-order chi connectivity index (χ1) is 13.1. The third-order valence-electron chi connectivity index (χ3n) is 4.57. The number of carbonyl (C=O) groups excluding carboxylic acids is 2. The van der Waals surface area contributed by atoms with Gasteiger partial charge in [-0.1, -0.05) is 18.2 Å². The lowest BCUT2D eigenvalue weighted by Crippen LogP contribution is -2.29. The van der Waals surface area contributed by atoms with Crippen molar-refractivity contribution in [2.75, 3.05) is 19.0 Å². The molecule has 138 valence electrons. The minimum absolute atomic E-state index is 0.0937. The Labute approximate surface area is 158 Å². The average molecular weight is 363 g/mol. The molecule has 0 radical (unpaired) electrons. The number of methoxy groups -OCH3 is 1. The van der Waals surface area contributed by atoms with Gasteiger partial charge in [0.25, 0.3) is 0 Å². The molecule has 0 aromatic heterocycles. The van der Waals surface area contributed by atoms with Crippen LogP contribution in [0.15, 0.2) is 48.5 Å². The van der Waals surface area contributed by atoms with Gasteiger partial charge in [-0.25, -0.2) is 0 Å².